The Labute approximate surface area is 142 Å². The monoisotopic (exact) mass is 450 g/mol. The first-order valence-electron chi connectivity index (χ1n) is 8.72. The van der Waals surface area contributed by atoms with Crippen molar-refractivity contribution in [2.24, 2.45) is 0 Å². The zero-order valence-corrected chi connectivity index (χ0v) is 17.9. The Bertz CT molecular complexity index is 454. The average molecular weight is 449 g/mol. The zero-order valence-electron chi connectivity index (χ0n) is 14.3. The molecule has 0 N–H and O–H groups in total. The Balaban J connectivity index is 2.05. The van der Waals surface area contributed by atoms with E-state index in [1.165, 1.54) is 51.4 Å². The van der Waals surface area contributed by atoms with Crippen molar-refractivity contribution in [3.63, 3.8) is 0 Å². The van der Waals surface area contributed by atoms with E-state index in [1.54, 1.807) is 22.3 Å². The molecule has 0 aromatic rings. The third-order valence-corrected chi connectivity index (χ3v) is 10.3. The predicted octanol–water partition coefficient (Wildman–Crippen LogP) is 6.66. The molecular weight excluding hydrogens is 419 g/mol. The van der Waals surface area contributed by atoms with Gasteiger partial charge in [-0.15, -0.1) is 0 Å². The summed E-state index contributed by atoms with van der Waals surface area (Å²) in [6, 6.07) is 0. The Hall–Kier alpha value is -0.170. The van der Waals surface area contributed by atoms with E-state index >= 15 is 0 Å². The van der Waals surface area contributed by atoms with E-state index in [9.17, 15) is 0 Å². The van der Waals surface area contributed by atoms with Crippen molar-refractivity contribution in [1.29, 1.82) is 0 Å². The molecule has 0 aliphatic heterocycles. The van der Waals surface area contributed by atoms with Crippen LogP contribution in [-0.4, -0.2) is 0 Å². The summed E-state index contributed by atoms with van der Waals surface area (Å²) < 4.78 is 3.66. The van der Waals surface area contributed by atoms with Gasteiger partial charge in [-0.25, -0.2) is 0 Å². The van der Waals surface area contributed by atoms with Crippen molar-refractivity contribution in [3.8, 4) is 0 Å². The molecule has 0 unspecified atom stereocenters. The van der Waals surface area contributed by atoms with Gasteiger partial charge in [0.15, 0.2) is 0 Å². The summed E-state index contributed by atoms with van der Waals surface area (Å²) in [6.45, 7) is 9.34. The van der Waals surface area contributed by atoms with Crippen LogP contribution in [0.15, 0.2) is 41.1 Å². The van der Waals surface area contributed by atoms with Gasteiger partial charge < -0.3 is 0 Å². The first-order valence-corrected chi connectivity index (χ1v) is 12.3. The molecule has 0 atom stereocenters. The van der Waals surface area contributed by atoms with E-state index in [2.05, 4.69) is 39.8 Å². The van der Waals surface area contributed by atoms with Crippen LogP contribution < -0.4 is 0 Å². The van der Waals surface area contributed by atoms with Crippen LogP contribution in [0.2, 0.25) is 0 Å². The fraction of sp³-hybridized carbons (Fsp3) is 0.600. The number of rotatable bonds is 8. The van der Waals surface area contributed by atoms with Gasteiger partial charge in [0.1, 0.15) is 0 Å². The zero-order chi connectivity index (χ0) is 15.2. The normalized spacial score (nSPS) is 18.5. The minimum atomic E-state index is -0.816. The van der Waals surface area contributed by atoms with E-state index in [-0.39, 0.29) is 0 Å². The third kappa shape index (κ3) is 4.41. The Morgan fingerprint density at radius 3 is 1.62 bits per heavy atom. The van der Waals surface area contributed by atoms with Crippen molar-refractivity contribution in [2.45, 2.75) is 79.1 Å². The van der Waals surface area contributed by atoms with E-state index in [4.69, 9.17) is 0 Å². The van der Waals surface area contributed by atoms with Gasteiger partial charge in [-0.3, -0.25) is 0 Å². The van der Waals surface area contributed by atoms with Crippen LogP contribution in [0.3, 0.4) is 0 Å². The second kappa shape index (κ2) is 8.46. The quantitative estimate of drug-likeness (QED) is 0.364. The molecule has 21 heavy (non-hydrogen) atoms. The van der Waals surface area contributed by atoms with E-state index < -0.39 is 22.9 Å². The summed E-state index contributed by atoms with van der Waals surface area (Å²) in [5, 5.41) is 0. The minimum absolute atomic E-state index is 0.816. The molecule has 114 valence electrons. The van der Waals surface area contributed by atoms with E-state index in [1.807, 2.05) is 6.66 Å². The van der Waals surface area contributed by atoms with Crippen molar-refractivity contribution in [1.82, 2.24) is 0 Å². The van der Waals surface area contributed by atoms with Crippen molar-refractivity contribution in [2.75, 3.05) is 0 Å². The molecule has 2 aliphatic rings. The summed E-state index contributed by atoms with van der Waals surface area (Å²) in [6.07, 6.45) is 15.7. The first kappa shape index (κ1) is 17.2. The maximum absolute atomic E-state index is 2.58. The van der Waals surface area contributed by atoms with Gasteiger partial charge in [0.05, 0.1) is 0 Å². The Morgan fingerprint density at radius 1 is 0.810 bits per heavy atom. The summed E-state index contributed by atoms with van der Waals surface area (Å²) in [4.78, 5) is 0. The molecular formula is C20H30Hf. The van der Waals surface area contributed by atoms with Gasteiger partial charge in [0, 0.05) is 0 Å². The van der Waals surface area contributed by atoms with Gasteiger partial charge in [-0.05, 0) is 0 Å². The summed E-state index contributed by atoms with van der Waals surface area (Å²) >= 11 is -0.816. The molecule has 1 heteroatoms. The van der Waals surface area contributed by atoms with Crippen molar-refractivity contribution in [3.05, 3.63) is 41.1 Å². The molecule has 0 spiro atoms. The van der Waals surface area contributed by atoms with Crippen LogP contribution in [0.25, 0.3) is 0 Å². The molecule has 0 saturated heterocycles. The topological polar surface area (TPSA) is 0 Å². The first-order chi connectivity index (χ1) is 10.2. The van der Waals surface area contributed by atoms with Gasteiger partial charge >= 0.3 is 143 Å². The van der Waals surface area contributed by atoms with Crippen LogP contribution in [-0.2, 0) is 22.9 Å². The molecule has 2 aliphatic carbocycles. The average Bonchev–Trinajstić information content (AvgIpc) is 2.99. The van der Waals surface area contributed by atoms with Crippen LogP contribution in [0, 0.1) is 0 Å². The summed E-state index contributed by atoms with van der Waals surface area (Å²) in [5.74, 6) is 0. The third-order valence-electron chi connectivity index (χ3n) is 4.74. The van der Waals surface area contributed by atoms with Gasteiger partial charge in [0.25, 0.3) is 0 Å². The molecule has 0 aromatic carbocycles. The fourth-order valence-corrected chi connectivity index (χ4v) is 9.29. The van der Waals surface area contributed by atoms with Crippen LogP contribution in [0.4, 0.5) is 0 Å². The van der Waals surface area contributed by atoms with Gasteiger partial charge in [-0.1, -0.05) is 0 Å². The molecule has 0 fully saturated rings. The SMILES string of the molecule is CCCCC1=C(C)CC=[C]1[Hf][C]1=CCC(C)=C1CCCC. The standard InChI is InChI=1S/2C10H15.Hf/c2*1-3-4-7-10-8-5-6-9(10)2;/h2*5H,3-4,6-7H2,1-2H3;. The molecule has 0 amide bonds. The number of hydrogen-bond acceptors (Lipinski definition) is 0. The second-order valence-corrected chi connectivity index (χ2v) is 11.3. The Kier molecular flexibility index (Phi) is 6.92. The maximum atomic E-state index is 2.58. The molecule has 0 radical (unpaired) electrons. The Morgan fingerprint density at radius 2 is 1.24 bits per heavy atom. The van der Waals surface area contributed by atoms with Gasteiger partial charge in [-0.2, -0.15) is 0 Å². The van der Waals surface area contributed by atoms with E-state index in [0.717, 1.165) is 0 Å². The summed E-state index contributed by atoms with van der Waals surface area (Å²) in [7, 11) is 0. The molecule has 0 nitrogen and oxygen atoms in total. The van der Waals surface area contributed by atoms with Crippen LogP contribution in [0.5, 0.6) is 0 Å². The molecule has 0 aromatic heterocycles. The summed E-state index contributed by atoms with van der Waals surface area (Å²) in [5.41, 5.74) is 6.86. The van der Waals surface area contributed by atoms with Gasteiger partial charge in [0.2, 0.25) is 0 Å². The van der Waals surface area contributed by atoms with Crippen molar-refractivity contribution < 1.29 is 22.9 Å². The molecule has 0 bridgehead atoms. The fourth-order valence-electron chi connectivity index (χ4n) is 3.26. The molecule has 0 saturated carbocycles. The molecule has 2 rings (SSSR count). The second-order valence-electron chi connectivity index (χ2n) is 6.49. The van der Waals surface area contributed by atoms with Crippen LogP contribution >= 0.6 is 0 Å². The number of unbranched alkanes of at least 4 members (excludes halogenated alkanes) is 2. The number of allylic oxidation sites excluding steroid dienone is 8. The van der Waals surface area contributed by atoms with Crippen molar-refractivity contribution >= 4 is 0 Å². The van der Waals surface area contributed by atoms with Crippen LogP contribution in [0.1, 0.15) is 79.1 Å². The predicted molar refractivity (Wildman–Crippen MR) is 89.9 cm³/mol. The van der Waals surface area contributed by atoms with E-state index in [0.29, 0.717) is 0 Å². The number of hydrogen-bond donors (Lipinski definition) is 0. The molecule has 0 heterocycles.